The molecule has 1 aliphatic heterocycles. The van der Waals surface area contributed by atoms with Crippen molar-refractivity contribution in [3.05, 3.63) is 12.2 Å². The molecule has 2 rings (SSSR count). The second-order valence-electron chi connectivity index (χ2n) is 6.84. The van der Waals surface area contributed by atoms with Gasteiger partial charge in [0.05, 0.1) is 6.54 Å². The summed E-state index contributed by atoms with van der Waals surface area (Å²) in [5.74, 6) is 1.81. The van der Waals surface area contributed by atoms with Gasteiger partial charge in [-0.05, 0) is 17.9 Å². The SMILES string of the molecule is CC(C)CNCC(C)(C)CN1CCn2cnnc2C1. The van der Waals surface area contributed by atoms with Gasteiger partial charge in [0.2, 0.25) is 0 Å². The van der Waals surface area contributed by atoms with E-state index < -0.39 is 0 Å². The number of aromatic nitrogens is 3. The van der Waals surface area contributed by atoms with Crippen LogP contribution in [-0.4, -0.2) is 45.8 Å². The van der Waals surface area contributed by atoms with E-state index >= 15 is 0 Å². The minimum Gasteiger partial charge on any atom is -0.316 e. The molecule has 5 heteroatoms. The molecular weight excluding hydrogens is 238 g/mol. The maximum absolute atomic E-state index is 4.18. The van der Waals surface area contributed by atoms with E-state index in [0.29, 0.717) is 5.92 Å². The summed E-state index contributed by atoms with van der Waals surface area (Å²) in [4.78, 5) is 2.49. The Bertz CT molecular complexity index is 396. The van der Waals surface area contributed by atoms with E-state index in [2.05, 4.69) is 52.7 Å². The predicted molar refractivity (Wildman–Crippen MR) is 76.8 cm³/mol. The topological polar surface area (TPSA) is 46.0 Å². The van der Waals surface area contributed by atoms with Crippen molar-refractivity contribution >= 4 is 0 Å². The number of fused-ring (bicyclic) bond motifs is 1. The first kappa shape index (κ1) is 14.5. The van der Waals surface area contributed by atoms with Gasteiger partial charge in [0.1, 0.15) is 12.2 Å². The average molecular weight is 265 g/mol. The summed E-state index contributed by atoms with van der Waals surface area (Å²) in [6.07, 6.45) is 1.84. The Morgan fingerprint density at radius 1 is 1.37 bits per heavy atom. The highest BCUT2D eigenvalue weighted by molar-refractivity contribution is 4.91. The lowest BCUT2D eigenvalue weighted by Crippen LogP contribution is -2.44. The Morgan fingerprint density at radius 3 is 2.89 bits per heavy atom. The summed E-state index contributed by atoms with van der Waals surface area (Å²) in [5.41, 5.74) is 0.289. The molecule has 5 nitrogen and oxygen atoms in total. The van der Waals surface area contributed by atoms with E-state index in [1.807, 2.05) is 6.33 Å². The van der Waals surface area contributed by atoms with Gasteiger partial charge in [0.25, 0.3) is 0 Å². The van der Waals surface area contributed by atoms with Crippen LogP contribution in [0.5, 0.6) is 0 Å². The fraction of sp³-hybridized carbons (Fsp3) is 0.857. The maximum atomic E-state index is 4.18. The van der Waals surface area contributed by atoms with Crippen LogP contribution < -0.4 is 5.32 Å². The van der Waals surface area contributed by atoms with Gasteiger partial charge in [-0.25, -0.2) is 0 Å². The van der Waals surface area contributed by atoms with Crippen LogP contribution in [0, 0.1) is 11.3 Å². The second-order valence-corrected chi connectivity index (χ2v) is 6.84. The van der Waals surface area contributed by atoms with Gasteiger partial charge in [0.15, 0.2) is 0 Å². The van der Waals surface area contributed by atoms with Crippen LogP contribution in [0.1, 0.15) is 33.5 Å². The highest BCUT2D eigenvalue weighted by Crippen LogP contribution is 2.19. The van der Waals surface area contributed by atoms with Crippen molar-refractivity contribution in [2.75, 3.05) is 26.2 Å². The van der Waals surface area contributed by atoms with Gasteiger partial charge in [-0.3, -0.25) is 4.90 Å². The van der Waals surface area contributed by atoms with Crippen molar-refractivity contribution in [2.24, 2.45) is 11.3 Å². The Balaban J connectivity index is 1.80. The highest BCUT2D eigenvalue weighted by atomic mass is 15.3. The van der Waals surface area contributed by atoms with Crippen LogP contribution in [0.2, 0.25) is 0 Å². The first-order valence-corrected chi connectivity index (χ1v) is 7.26. The third kappa shape index (κ3) is 4.28. The molecular formula is C14H27N5. The summed E-state index contributed by atoms with van der Waals surface area (Å²) >= 11 is 0. The van der Waals surface area contributed by atoms with Crippen LogP contribution in [0.3, 0.4) is 0 Å². The van der Waals surface area contributed by atoms with Crippen LogP contribution in [0.25, 0.3) is 0 Å². The number of hydrogen-bond donors (Lipinski definition) is 1. The number of nitrogens with one attached hydrogen (secondary N) is 1. The van der Waals surface area contributed by atoms with E-state index in [1.165, 1.54) is 0 Å². The zero-order valence-corrected chi connectivity index (χ0v) is 12.7. The molecule has 1 aliphatic rings. The van der Waals surface area contributed by atoms with Crippen molar-refractivity contribution < 1.29 is 0 Å². The van der Waals surface area contributed by atoms with Crippen molar-refractivity contribution in [3.8, 4) is 0 Å². The Kier molecular flexibility index (Phi) is 4.58. The lowest BCUT2D eigenvalue weighted by molar-refractivity contribution is 0.141. The largest absolute Gasteiger partial charge is 0.316 e. The zero-order chi connectivity index (χ0) is 13.9. The van der Waals surface area contributed by atoms with Crippen molar-refractivity contribution in [2.45, 2.75) is 40.8 Å². The lowest BCUT2D eigenvalue weighted by Gasteiger charge is -2.35. The van der Waals surface area contributed by atoms with Crippen molar-refractivity contribution in [1.29, 1.82) is 0 Å². The second kappa shape index (κ2) is 6.01. The molecule has 0 bridgehead atoms. The Morgan fingerprint density at radius 2 is 2.16 bits per heavy atom. The van der Waals surface area contributed by atoms with Crippen molar-refractivity contribution in [1.82, 2.24) is 25.0 Å². The van der Waals surface area contributed by atoms with Gasteiger partial charge in [0, 0.05) is 26.2 Å². The molecule has 2 heterocycles. The lowest BCUT2D eigenvalue weighted by atomic mass is 9.92. The minimum absolute atomic E-state index is 0.289. The molecule has 0 unspecified atom stereocenters. The smallest absolute Gasteiger partial charge is 0.147 e. The first-order valence-electron chi connectivity index (χ1n) is 7.26. The van der Waals surface area contributed by atoms with Crippen LogP contribution in [0.4, 0.5) is 0 Å². The third-order valence-corrected chi connectivity index (χ3v) is 3.53. The first-order chi connectivity index (χ1) is 8.96. The molecule has 0 atom stereocenters. The van der Waals surface area contributed by atoms with Gasteiger partial charge >= 0.3 is 0 Å². The average Bonchev–Trinajstić information content (AvgIpc) is 2.74. The Labute approximate surface area is 116 Å². The fourth-order valence-electron chi connectivity index (χ4n) is 2.61. The molecule has 19 heavy (non-hydrogen) atoms. The van der Waals surface area contributed by atoms with E-state index in [1.54, 1.807) is 0 Å². The predicted octanol–water partition coefficient (Wildman–Crippen LogP) is 1.37. The summed E-state index contributed by atoms with van der Waals surface area (Å²) in [5, 5.41) is 11.7. The van der Waals surface area contributed by atoms with Gasteiger partial charge < -0.3 is 9.88 Å². The standard InChI is InChI=1S/C14H27N5/c1-12(2)7-15-9-14(3,4)10-18-5-6-19-11-16-17-13(19)8-18/h11-12,15H,5-10H2,1-4H3. The number of hydrogen-bond acceptors (Lipinski definition) is 4. The molecule has 1 N–H and O–H groups in total. The molecule has 0 fully saturated rings. The number of nitrogens with zero attached hydrogens (tertiary/aromatic N) is 4. The van der Waals surface area contributed by atoms with Crippen LogP contribution >= 0.6 is 0 Å². The molecule has 0 spiro atoms. The third-order valence-electron chi connectivity index (χ3n) is 3.53. The molecule has 1 aromatic rings. The molecule has 108 valence electrons. The fourth-order valence-corrected chi connectivity index (χ4v) is 2.61. The van der Waals surface area contributed by atoms with Gasteiger partial charge in [-0.15, -0.1) is 10.2 Å². The molecule has 0 aliphatic carbocycles. The maximum Gasteiger partial charge on any atom is 0.147 e. The Hall–Kier alpha value is -0.940. The molecule has 0 amide bonds. The summed E-state index contributed by atoms with van der Waals surface area (Å²) < 4.78 is 2.15. The van der Waals surface area contributed by atoms with Crippen LogP contribution in [-0.2, 0) is 13.1 Å². The molecule has 0 saturated heterocycles. The van der Waals surface area contributed by atoms with E-state index in [9.17, 15) is 0 Å². The molecule has 1 aromatic heterocycles. The quantitative estimate of drug-likeness (QED) is 0.844. The van der Waals surface area contributed by atoms with Crippen molar-refractivity contribution in [3.63, 3.8) is 0 Å². The summed E-state index contributed by atoms with van der Waals surface area (Å²) in [7, 11) is 0. The van der Waals surface area contributed by atoms with Gasteiger partial charge in [-0.1, -0.05) is 27.7 Å². The van der Waals surface area contributed by atoms with Gasteiger partial charge in [-0.2, -0.15) is 0 Å². The van der Waals surface area contributed by atoms with E-state index in [-0.39, 0.29) is 5.41 Å². The molecule has 0 saturated carbocycles. The normalized spacial score (nSPS) is 16.9. The number of rotatable bonds is 6. The summed E-state index contributed by atoms with van der Waals surface area (Å²) in [6.45, 7) is 15.5. The monoisotopic (exact) mass is 265 g/mol. The highest BCUT2D eigenvalue weighted by Gasteiger charge is 2.25. The van der Waals surface area contributed by atoms with E-state index in [0.717, 1.165) is 45.1 Å². The zero-order valence-electron chi connectivity index (χ0n) is 12.7. The molecule has 0 radical (unpaired) electrons. The molecule has 0 aromatic carbocycles. The summed E-state index contributed by atoms with van der Waals surface area (Å²) in [6, 6.07) is 0. The minimum atomic E-state index is 0.289. The van der Waals surface area contributed by atoms with Crippen LogP contribution in [0.15, 0.2) is 6.33 Å². The van der Waals surface area contributed by atoms with E-state index in [4.69, 9.17) is 0 Å².